The first-order valence-electron chi connectivity index (χ1n) is 11.6. The molecule has 3 aromatic carbocycles. The smallest absolute Gasteiger partial charge is 0.291 e. The van der Waals surface area contributed by atoms with E-state index in [1.54, 1.807) is 29.2 Å². The molecule has 1 fully saturated rings. The van der Waals surface area contributed by atoms with Crippen LogP contribution in [0.3, 0.4) is 0 Å². The van der Waals surface area contributed by atoms with Crippen molar-refractivity contribution in [3.8, 4) is 0 Å². The largest absolute Gasteiger partial charge is 0.449 e. The summed E-state index contributed by atoms with van der Waals surface area (Å²) in [6, 6.07) is 22.7. The average Bonchev–Trinajstić information content (AvgIpc) is 3.27. The van der Waals surface area contributed by atoms with Gasteiger partial charge in [0.05, 0.1) is 4.92 Å². The number of piperazine rings is 1. The van der Waals surface area contributed by atoms with Crippen molar-refractivity contribution in [3.05, 3.63) is 106 Å². The monoisotopic (exact) mass is 484 g/mol. The molecule has 2 amide bonds. The molecule has 0 spiro atoms. The van der Waals surface area contributed by atoms with Crippen molar-refractivity contribution in [2.75, 3.05) is 31.5 Å². The summed E-state index contributed by atoms with van der Waals surface area (Å²) < 4.78 is 5.91. The number of amides is 2. The van der Waals surface area contributed by atoms with Gasteiger partial charge in [0.25, 0.3) is 17.5 Å². The van der Waals surface area contributed by atoms with Crippen molar-refractivity contribution < 1.29 is 18.9 Å². The van der Waals surface area contributed by atoms with E-state index in [1.807, 2.05) is 18.2 Å². The van der Waals surface area contributed by atoms with E-state index in [4.69, 9.17) is 4.42 Å². The minimum Gasteiger partial charge on any atom is -0.449 e. The molecule has 0 aliphatic carbocycles. The highest BCUT2D eigenvalue weighted by Crippen LogP contribution is 2.32. The summed E-state index contributed by atoms with van der Waals surface area (Å²) in [6.45, 7) is 3.31. The lowest BCUT2D eigenvalue weighted by atomic mass is 10.1. The van der Waals surface area contributed by atoms with Crippen LogP contribution in [0.2, 0.25) is 0 Å². The van der Waals surface area contributed by atoms with Crippen molar-refractivity contribution in [2.45, 2.75) is 6.54 Å². The van der Waals surface area contributed by atoms with E-state index >= 15 is 0 Å². The molecule has 1 aromatic heterocycles. The van der Waals surface area contributed by atoms with Crippen LogP contribution in [0.5, 0.6) is 0 Å². The molecule has 0 bridgehead atoms. The predicted octanol–water partition coefficient (Wildman–Crippen LogP) is 4.55. The van der Waals surface area contributed by atoms with E-state index in [-0.39, 0.29) is 28.6 Å². The second-order valence-electron chi connectivity index (χ2n) is 8.62. The molecule has 1 aliphatic rings. The molecule has 0 radical (unpaired) electrons. The van der Waals surface area contributed by atoms with Crippen molar-refractivity contribution in [1.29, 1.82) is 0 Å². The van der Waals surface area contributed by atoms with E-state index < -0.39 is 10.8 Å². The van der Waals surface area contributed by atoms with E-state index in [2.05, 4.69) is 22.3 Å². The molecule has 4 aromatic rings. The lowest BCUT2D eigenvalue weighted by molar-refractivity contribution is -0.384. The zero-order chi connectivity index (χ0) is 25.1. The standard InChI is InChI=1S/C27H24N4O5/c32-26(20-9-6-10-21(17-20)31(34)35)28-24-22-11-4-5-12-23(22)36-25(24)27(33)30-15-13-29(14-16-30)18-19-7-2-1-3-8-19/h1-12,17H,13-16,18H2,(H,28,32). The van der Waals surface area contributed by atoms with Gasteiger partial charge in [-0.1, -0.05) is 48.5 Å². The van der Waals surface area contributed by atoms with Gasteiger partial charge in [0.2, 0.25) is 5.76 Å². The van der Waals surface area contributed by atoms with Crippen molar-refractivity contribution in [1.82, 2.24) is 9.80 Å². The number of nitrogens with zero attached hydrogens (tertiary/aromatic N) is 3. The third-order valence-electron chi connectivity index (χ3n) is 6.26. The Morgan fingerprint density at radius 1 is 0.917 bits per heavy atom. The summed E-state index contributed by atoms with van der Waals surface area (Å²) in [6.07, 6.45) is 0. The molecule has 0 unspecified atom stereocenters. The average molecular weight is 485 g/mol. The summed E-state index contributed by atoms with van der Waals surface area (Å²) >= 11 is 0. The molecule has 1 aliphatic heterocycles. The van der Waals surface area contributed by atoms with E-state index in [0.29, 0.717) is 24.1 Å². The maximum atomic E-state index is 13.5. The Balaban J connectivity index is 1.35. The normalized spacial score (nSPS) is 14.1. The predicted molar refractivity (Wildman–Crippen MR) is 135 cm³/mol. The Kier molecular flexibility index (Phi) is 6.46. The number of anilines is 1. The highest BCUT2D eigenvalue weighted by atomic mass is 16.6. The number of benzene rings is 3. The lowest BCUT2D eigenvalue weighted by Crippen LogP contribution is -2.48. The Morgan fingerprint density at radius 3 is 2.39 bits per heavy atom. The van der Waals surface area contributed by atoms with Gasteiger partial charge in [-0.2, -0.15) is 0 Å². The van der Waals surface area contributed by atoms with Gasteiger partial charge in [-0.3, -0.25) is 24.6 Å². The molecule has 1 saturated heterocycles. The SMILES string of the molecule is O=C(Nc1c(C(=O)N2CCN(Cc3ccccc3)CC2)oc2ccccc12)c1cccc([N+](=O)[O-])c1. The van der Waals surface area contributed by atoms with E-state index in [1.165, 1.54) is 29.8 Å². The first kappa shape index (κ1) is 23.3. The number of furan rings is 1. The topological polar surface area (TPSA) is 109 Å². The van der Waals surface area contributed by atoms with Gasteiger partial charge in [0.1, 0.15) is 11.3 Å². The molecule has 1 N–H and O–H groups in total. The van der Waals surface area contributed by atoms with E-state index in [9.17, 15) is 19.7 Å². The quantitative estimate of drug-likeness (QED) is 0.318. The van der Waals surface area contributed by atoms with Gasteiger partial charge in [-0.15, -0.1) is 0 Å². The number of para-hydroxylation sites is 1. The molecule has 9 nitrogen and oxygen atoms in total. The number of non-ortho nitro benzene ring substituents is 1. The summed E-state index contributed by atoms with van der Waals surface area (Å²) in [7, 11) is 0. The molecule has 182 valence electrons. The number of carbonyl (C=O) groups is 2. The van der Waals surface area contributed by atoms with Crippen LogP contribution in [0.1, 0.15) is 26.5 Å². The Hall–Kier alpha value is -4.50. The number of fused-ring (bicyclic) bond motifs is 1. The summed E-state index contributed by atoms with van der Waals surface area (Å²) in [5, 5.41) is 14.5. The van der Waals surface area contributed by atoms with Gasteiger partial charge >= 0.3 is 0 Å². The maximum absolute atomic E-state index is 13.5. The van der Waals surface area contributed by atoms with Gasteiger partial charge in [0.15, 0.2) is 0 Å². The highest BCUT2D eigenvalue weighted by Gasteiger charge is 2.29. The van der Waals surface area contributed by atoms with Crippen molar-refractivity contribution in [3.63, 3.8) is 0 Å². The number of carbonyl (C=O) groups excluding carboxylic acids is 2. The minimum absolute atomic E-state index is 0.0477. The molecule has 0 atom stereocenters. The fourth-order valence-corrected chi connectivity index (χ4v) is 4.36. The van der Waals surface area contributed by atoms with Crippen LogP contribution < -0.4 is 5.32 Å². The molecular weight excluding hydrogens is 460 g/mol. The van der Waals surface area contributed by atoms with Crippen LogP contribution >= 0.6 is 0 Å². The second kappa shape index (κ2) is 10.0. The molecule has 9 heteroatoms. The molecule has 36 heavy (non-hydrogen) atoms. The zero-order valence-electron chi connectivity index (χ0n) is 19.4. The Morgan fingerprint density at radius 2 is 1.64 bits per heavy atom. The first-order chi connectivity index (χ1) is 17.5. The van der Waals surface area contributed by atoms with Crippen molar-refractivity contribution in [2.24, 2.45) is 0 Å². The number of hydrogen-bond donors (Lipinski definition) is 1. The van der Waals surface area contributed by atoms with Gasteiger partial charge in [-0.25, -0.2) is 0 Å². The number of nitro benzene ring substituents is 1. The van der Waals surface area contributed by atoms with Gasteiger partial charge in [0, 0.05) is 55.8 Å². The zero-order valence-corrected chi connectivity index (χ0v) is 19.4. The minimum atomic E-state index is -0.563. The summed E-state index contributed by atoms with van der Waals surface area (Å²) in [4.78, 5) is 41.1. The fraction of sp³-hybridized carbons (Fsp3) is 0.185. The van der Waals surface area contributed by atoms with E-state index in [0.717, 1.165) is 19.6 Å². The number of nitrogens with one attached hydrogen (secondary N) is 1. The van der Waals surface area contributed by atoms with Crippen LogP contribution in [0.15, 0.2) is 83.3 Å². The molecular formula is C27H24N4O5. The molecule has 0 saturated carbocycles. The van der Waals surface area contributed by atoms with Crippen LogP contribution in [-0.4, -0.2) is 52.7 Å². The number of nitro groups is 1. The summed E-state index contributed by atoms with van der Waals surface area (Å²) in [5.41, 5.74) is 1.88. The highest BCUT2D eigenvalue weighted by molar-refractivity contribution is 6.14. The van der Waals surface area contributed by atoms with Crippen LogP contribution in [0, 0.1) is 10.1 Å². The molecule has 5 rings (SSSR count). The van der Waals surface area contributed by atoms with Crippen LogP contribution in [0.25, 0.3) is 11.0 Å². The van der Waals surface area contributed by atoms with Crippen LogP contribution in [-0.2, 0) is 6.54 Å². The third-order valence-corrected chi connectivity index (χ3v) is 6.26. The second-order valence-corrected chi connectivity index (χ2v) is 8.62. The first-order valence-corrected chi connectivity index (χ1v) is 11.6. The van der Waals surface area contributed by atoms with Gasteiger partial charge < -0.3 is 14.6 Å². The van der Waals surface area contributed by atoms with Crippen molar-refractivity contribution >= 4 is 34.2 Å². The maximum Gasteiger partial charge on any atom is 0.291 e. The molecule has 2 heterocycles. The third kappa shape index (κ3) is 4.82. The van der Waals surface area contributed by atoms with Gasteiger partial charge in [-0.05, 0) is 23.8 Å². The van der Waals surface area contributed by atoms with Crippen LogP contribution in [0.4, 0.5) is 11.4 Å². The Labute approximate surface area is 207 Å². The fourth-order valence-electron chi connectivity index (χ4n) is 4.36. The summed E-state index contributed by atoms with van der Waals surface area (Å²) in [5.74, 6) is -0.821. The Bertz CT molecular complexity index is 1420. The number of rotatable bonds is 6. The lowest BCUT2D eigenvalue weighted by Gasteiger charge is -2.34. The number of hydrogen-bond acceptors (Lipinski definition) is 6.